The fourth-order valence-corrected chi connectivity index (χ4v) is 2.09. The third kappa shape index (κ3) is 2.97. The highest BCUT2D eigenvalue weighted by Crippen LogP contribution is 2.23. The number of benzene rings is 1. The average Bonchev–Trinajstić information content (AvgIpc) is 2.68. The summed E-state index contributed by atoms with van der Waals surface area (Å²) in [6.07, 6.45) is 2.18. The van der Waals surface area contributed by atoms with Gasteiger partial charge in [-0.2, -0.15) is 5.10 Å². The van der Waals surface area contributed by atoms with Crippen LogP contribution >= 0.6 is 34.2 Å². The molecule has 6 heteroatoms. The molecule has 1 atom stereocenters. The molecule has 0 aliphatic carbocycles. The second-order valence-electron chi connectivity index (χ2n) is 3.78. The van der Waals surface area contributed by atoms with Crippen LogP contribution in [0.3, 0.4) is 0 Å². The Bertz CT molecular complexity index is 526. The first-order valence-electron chi connectivity index (χ1n) is 5.11. The number of nitrogens with zero attached hydrogens (tertiary/aromatic N) is 3. The van der Waals surface area contributed by atoms with Crippen LogP contribution in [0.2, 0.25) is 5.02 Å². The Morgan fingerprint density at radius 1 is 1.53 bits per heavy atom. The van der Waals surface area contributed by atoms with Crippen LogP contribution in [0.25, 0.3) is 0 Å². The third-order valence-corrected chi connectivity index (χ3v) is 4.15. The van der Waals surface area contributed by atoms with E-state index in [-0.39, 0.29) is 6.04 Å². The van der Waals surface area contributed by atoms with E-state index in [1.807, 2.05) is 25.2 Å². The quantitative estimate of drug-likeness (QED) is 0.853. The van der Waals surface area contributed by atoms with Crippen molar-refractivity contribution in [3.8, 4) is 0 Å². The summed E-state index contributed by atoms with van der Waals surface area (Å²) >= 11 is 8.27. The number of hydrogen-bond donors (Lipinski definition) is 1. The van der Waals surface area contributed by atoms with Gasteiger partial charge >= 0.3 is 0 Å². The highest BCUT2D eigenvalue weighted by Gasteiger charge is 2.11. The van der Waals surface area contributed by atoms with Gasteiger partial charge in [0.1, 0.15) is 12.2 Å². The molecule has 90 valence electrons. The maximum Gasteiger partial charge on any atom is 0.138 e. The Balaban J connectivity index is 2.17. The molecule has 1 aromatic heterocycles. The van der Waals surface area contributed by atoms with E-state index in [0.29, 0.717) is 6.42 Å². The Labute approximate surface area is 118 Å². The van der Waals surface area contributed by atoms with Crippen molar-refractivity contribution in [2.45, 2.75) is 12.5 Å². The van der Waals surface area contributed by atoms with Crippen molar-refractivity contribution in [1.29, 1.82) is 0 Å². The minimum atomic E-state index is -0.118. The molecule has 0 saturated carbocycles. The zero-order valence-electron chi connectivity index (χ0n) is 9.27. The summed E-state index contributed by atoms with van der Waals surface area (Å²) in [6, 6.07) is 5.75. The number of halogens is 2. The first-order chi connectivity index (χ1) is 8.08. The first-order valence-corrected chi connectivity index (χ1v) is 6.57. The van der Waals surface area contributed by atoms with Crippen molar-refractivity contribution >= 4 is 34.2 Å². The summed E-state index contributed by atoms with van der Waals surface area (Å²) < 4.78 is 2.76. The van der Waals surface area contributed by atoms with Crippen molar-refractivity contribution in [1.82, 2.24) is 14.8 Å². The molecule has 0 saturated heterocycles. The monoisotopic (exact) mass is 362 g/mol. The Morgan fingerprint density at radius 3 is 2.88 bits per heavy atom. The van der Waals surface area contributed by atoms with Gasteiger partial charge in [-0.1, -0.05) is 17.7 Å². The lowest BCUT2D eigenvalue weighted by molar-refractivity contribution is 0.629. The average molecular weight is 363 g/mol. The van der Waals surface area contributed by atoms with Crippen LogP contribution in [0, 0.1) is 3.57 Å². The lowest BCUT2D eigenvalue weighted by Gasteiger charge is -2.12. The lowest BCUT2D eigenvalue weighted by atomic mass is 10.0. The molecule has 0 aliphatic heterocycles. The molecule has 2 aromatic rings. The van der Waals surface area contributed by atoms with Gasteiger partial charge in [0.15, 0.2) is 0 Å². The van der Waals surface area contributed by atoms with E-state index in [1.54, 1.807) is 4.68 Å². The van der Waals surface area contributed by atoms with Crippen LogP contribution in [0.1, 0.15) is 17.4 Å². The van der Waals surface area contributed by atoms with Gasteiger partial charge in [0.2, 0.25) is 0 Å². The van der Waals surface area contributed by atoms with Crippen LogP contribution in [0.4, 0.5) is 0 Å². The van der Waals surface area contributed by atoms with Gasteiger partial charge in [0.05, 0.1) is 5.02 Å². The Morgan fingerprint density at radius 2 is 2.29 bits per heavy atom. The van der Waals surface area contributed by atoms with E-state index in [9.17, 15) is 0 Å². The second-order valence-corrected chi connectivity index (χ2v) is 5.35. The lowest BCUT2D eigenvalue weighted by Crippen LogP contribution is -2.16. The fourth-order valence-electron chi connectivity index (χ4n) is 1.56. The van der Waals surface area contributed by atoms with E-state index in [0.717, 1.165) is 20.0 Å². The molecule has 2 N–H and O–H groups in total. The number of rotatable bonds is 3. The van der Waals surface area contributed by atoms with E-state index in [4.69, 9.17) is 17.3 Å². The van der Waals surface area contributed by atoms with Crippen LogP contribution in [0.5, 0.6) is 0 Å². The van der Waals surface area contributed by atoms with E-state index < -0.39 is 0 Å². The molecule has 0 bridgehead atoms. The van der Waals surface area contributed by atoms with Crippen molar-refractivity contribution < 1.29 is 0 Å². The van der Waals surface area contributed by atoms with Gasteiger partial charge in [-0.25, -0.2) is 4.98 Å². The van der Waals surface area contributed by atoms with Gasteiger partial charge in [0.25, 0.3) is 0 Å². The molecule has 1 heterocycles. The number of nitrogens with two attached hydrogens (primary N) is 1. The molecule has 17 heavy (non-hydrogen) atoms. The van der Waals surface area contributed by atoms with Crippen LogP contribution in [-0.2, 0) is 13.5 Å². The van der Waals surface area contributed by atoms with Crippen LogP contribution in [0.15, 0.2) is 24.5 Å². The number of hydrogen-bond acceptors (Lipinski definition) is 3. The number of aryl methyl sites for hydroxylation is 1. The van der Waals surface area contributed by atoms with Crippen molar-refractivity contribution in [2.75, 3.05) is 0 Å². The Kier molecular flexibility index (Phi) is 4.01. The molecule has 1 aromatic carbocycles. The topological polar surface area (TPSA) is 56.7 Å². The zero-order valence-corrected chi connectivity index (χ0v) is 12.2. The predicted molar refractivity (Wildman–Crippen MR) is 75.8 cm³/mol. The highest BCUT2D eigenvalue weighted by molar-refractivity contribution is 14.1. The summed E-state index contributed by atoms with van der Waals surface area (Å²) in [7, 11) is 1.86. The van der Waals surface area contributed by atoms with Crippen LogP contribution in [-0.4, -0.2) is 14.8 Å². The van der Waals surface area contributed by atoms with Crippen LogP contribution < -0.4 is 5.73 Å². The molecule has 4 nitrogen and oxygen atoms in total. The number of aromatic nitrogens is 3. The summed E-state index contributed by atoms with van der Waals surface area (Å²) in [5.41, 5.74) is 7.14. The van der Waals surface area contributed by atoms with E-state index in [2.05, 4.69) is 32.7 Å². The van der Waals surface area contributed by atoms with Gasteiger partial charge < -0.3 is 5.73 Å². The van der Waals surface area contributed by atoms with Gasteiger partial charge in [-0.15, -0.1) is 0 Å². The van der Waals surface area contributed by atoms with Gasteiger partial charge in [-0.05, 0) is 40.3 Å². The molecule has 0 aliphatic rings. The minimum Gasteiger partial charge on any atom is -0.324 e. The Hall–Kier alpha value is -0.660. The molecule has 0 fully saturated rings. The summed E-state index contributed by atoms with van der Waals surface area (Å²) in [5, 5.41) is 4.75. The minimum absolute atomic E-state index is 0.118. The SMILES string of the molecule is Cn1ncnc1CC(N)c1ccc(I)c(Cl)c1. The molecule has 0 spiro atoms. The molecular weight excluding hydrogens is 351 g/mol. The third-order valence-electron chi connectivity index (χ3n) is 2.58. The van der Waals surface area contributed by atoms with Crippen molar-refractivity contribution in [3.63, 3.8) is 0 Å². The second kappa shape index (κ2) is 5.32. The van der Waals surface area contributed by atoms with Gasteiger partial charge in [0, 0.05) is 23.1 Å². The maximum absolute atomic E-state index is 6.13. The maximum atomic E-state index is 6.13. The molecule has 1 unspecified atom stereocenters. The highest BCUT2D eigenvalue weighted by atomic mass is 127. The van der Waals surface area contributed by atoms with Crippen molar-refractivity contribution in [2.24, 2.45) is 12.8 Å². The fraction of sp³-hybridized carbons (Fsp3) is 0.273. The van der Waals surface area contributed by atoms with Crippen molar-refractivity contribution in [3.05, 3.63) is 44.5 Å². The zero-order chi connectivity index (χ0) is 12.4. The molecule has 0 amide bonds. The molecule has 2 rings (SSSR count). The molecular formula is C11H12ClIN4. The van der Waals surface area contributed by atoms with Gasteiger partial charge in [-0.3, -0.25) is 4.68 Å². The largest absolute Gasteiger partial charge is 0.324 e. The summed E-state index contributed by atoms with van der Waals surface area (Å²) in [5.74, 6) is 0.868. The van der Waals surface area contributed by atoms with E-state index >= 15 is 0 Å². The summed E-state index contributed by atoms with van der Waals surface area (Å²) in [4.78, 5) is 4.16. The molecule has 0 radical (unpaired) electrons. The normalized spacial score (nSPS) is 12.7. The first kappa shape index (κ1) is 12.8. The predicted octanol–water partition coefficient (Wildman–Crippen LogP) is 2.32. The van der Waals surface area contributed by atoms with E-state index in [1.165, 1.54) is 6.33 Å². The standard InChI is InChI=1S/C11H12ClIN4/c1-17-11(15-6-16-17)5-10(14)7-2-3-9(13)8(12)4-7/h2-4,6,10H,5,14H2,1H3. The summed E-state index contributed by atoms with van der Waals surface area (Å²) in [6.45, 7) is 0. The smallest absolute Gasteiger partial charge is 0.138 e.